The molecular weight excluding hydrogens is 408 g/mol. The van der Waals surface area contributed by atoms with Crippen molar-refractivity contribution >= 4 is 39.3 Å². The lowest BCUT2D eigenvalue weighted by Gasteiger charge is -2.44. The molecule has 1 atom stereocenters. The third-order valence-corrected chi connectivity index (χ3v) is 6.13. The van der Waals surface area contributed by atoms with Gasteiger partial charge in [0.2, 0.25) is 27.7 Å². The Bertz CT molecular complexity index is 874. The van der Waals surface area contributed by atoms with E-state index in [0.29, 0.717) is 5.02 Å². The summed E-state index contributed by atoms with van der Waals surface area (Å²) >= 11 is 5.80. The Balaban J connectivity index is 1.95. The maximum Gasteiger partial charge on any atom is 0.247 e. The molecule has 0 radical (unpaired) electrons. The standard InChI is InChI=1S/C17H23ClN4O5S/c1-17(11-22(28(3,26)27)10-15(24)21(17)2)16(25)20-9-14(23)19-8-12-4-6-13(18)7-5-12/h4-7H,8-11H2,1-3H3,(H,19,23)(H,20,25)/t17-/m0/s1. The Kier molecular flexibility index (Phi) is 6.68. The van der Waals surface area contributed by atoms with Crippen LogP contribution in [-0.2, 0) is 31.0 Å². The third kappa shape index (κ3) is 5.21. The summed E-state index contributed by atoms with van der Waals surface area (Å²) in [4.78, 5) is 38.0. The van der Waals surface area contributed by atoms with Gasteiger partial charge in [0.05, 0.1) is 19.3 Å². The molecule has 1 aliphatic rings. The minimum atomic E-state index is -3.64. The summed E-state index contributed by atoms with van der Waals surface area (Å²) < 4.78 is 24.6. The number of amides is 3. The van der Waals surface area contributed by atoms with E-state index in [1.54, 1.807) is 24.3 Å². The summed E-state index contributed by atoms with van der Waals surface area (Å²) in [5.41, 5.74) is -0.577. The molecule has 1 saturated heterocycles. The highest BCUT2D eigenvalue weighted by molar-refractivity contribution is 7.88. The van der Waals surface area contributed by atoms with Gasteiger partial charge in [0.15, 0.2) is 0 Å². The topological polar surface area (TPSA) is 116 Å². The molecule has 3 amide bonds. The fraction of sp³-hybridized carbons (Fsp3) is 0.471. The monoisotopic (exact) mass is 430 g/mol. The van der Waals surface area contributed by atoms with Crippen molar-refractivity contribution in [2.45, 2.75) is 19.0 Å². The number of rotatable bonds is 6. The van der Waals surface area contributed by atoms with Crippen molar-refractivity contribution in [3.63, 3.8) is 0 Å². The first kappa shape index (κ1) is 22.1. The van der Waals surface area contributed by atoms with E-state index >= 15 is 0 Å². The summed E-state index contributed by atoms with van der Waals surface area (Å²) in [6.07, 6.45) is 0.980. The highest BCUT2D eigenvalue weighted by Gasteiger charge is 2.47. The van der Waals surface area contributed by atoms with Gasteiger partial charge < -0.3 is 15.5 Å². The van der Waals surface area contributed by atoms with Gasteiger partial charge in [0, 0.05) is 25.2 Å². The van der Waals surface area contributed by atoms with Crippen molar-refractivity contribution in [2.75, 3.05) is 32.9 Å². The van der Waals surface area contributed by atoms with E-state index in [-0.39, 0.29) is 26.2 Å². The van der Waals surface area contributed by atoms with Crippen LogP contribution in [-0.4, -0.2) is 73.8 Å². The maximum atomic E-state index is 12.6. The molecule has 11 heteroatoms. The summed E-state index contributed by atoms with van der Waals surface area (Å²) in [6, 6.07) is 6.94. The van der Waals surface area contributed by atoms with Gasteiger partial charge in [-0.15, -0.1) is 0 Å². The predicted octanol–water partition coefficient (Wildman–Crippen LogP) is -0.435. The smallest absolute Gasteiger partial charge is 0.247 e. The number of nitrogens with zero attached hydrogens (tertiary/aromatic N) is 2. The molecule has 1 fully saturated rings. The fourth-order valence-electron chi connectivity index (χ4n) is 2.71. The van der Waals surface area contributed by atoms with Crippen molar-refractivity contribution < 1.29 is 22.8 Å². The van der Waals surface area contributed by atoms with Crippen molar-refractivity contribution in [3.05, 3.63) is 34.9 Å². The molecule has 0 bridgehead atoms. The maximum absolute atomic E-state index is 12.6. The van der Waals surface area contributed by atoms with Gasteiger partial charge in [-0.25, -0.2) is 8.42 Å². The highest BCUT2D eigenvalue weighted by atomic mass is 35.5. The first-order valence-corrected chi connectivity index (χ1v) is 10.7. The zero-order valence-electron chi connectivity index (χ0n) is 15.9. The molecule has 0 unspecified atom stereocenters. The number of carbonyl (C=O) groups excluding carboxylic acids is 3. The van der Waals surface area contributed by atoms with Gasteiger partial charge in [0.25, 0.3) is 0 Å². The minimum Gasteiger partial charge on any atom is -0.350 e. The first-order chi connectivity index (χ1) is 12.9. The molecule has 2 rings (SSSR count). The van der Waals surface area contributed by atoms with Crippen LogP contribution in [0.15, 0.2) is 24.3 Å². The lowest BCUT2D eigenvalue weighted by Crippen LogP contribution is -2.68. The second kappa shape index (κ2) is 8.46. The van der Waals surface area contributed by atoms with Crippen molar-refractivity contribution in [1.82, 2.24) is 19.8 Å². The lowest BCUT2D eigenvalue weighted by molar-refractivity contribution is -0.150. The number of hydrogen-bond acceptors (Lipinski definition) is 5. The van der Waals surface area contributed by atoms with E-state index in [4.69, 9.17) is 11.6 Å². The second-order valence-corrected chi connectivity index (χ2v) is 9.26. The molecule has 0 spiro atoms. The van der Waals surface area contributed by atoms with Crippen LogP contribution < -0.4 is 10.6 Å². The van der Waals surface area contributed by atoms with E-state index in [2.05, 4.69) is 10.6 Å². The van der Waals surface area contributed by atoms with Gasteiger partial charge in [-0.3, -0.25) is 14.4 Å². The third-order valence-electron chi connectivity index (χ3n) is 4.68. The fourth-order valence-corrected chi connectivity index (χ4v) is 3.67. The van der Waals surface area contributed by atoms with Crippen molar-refractivity contribution in [3.8, 4) is 0 Å². The number of likely N-dealkylation sites (N-methyl/N-ethyl adjacent to an activating group) is 1. The van der Waals surface area contributed by atoms with Gasteiger partial charge >= 0.3 is 0 Å². The second-order valence-electron chi connectivity index (χ2n) is 6.84. The van der Waals surface area contributed by atoms with E-state index in [0.717, 1.165) is 16.1 Å². The summed E-state index contributed by atoms with van der Waals surface area (Å²) in [5.74, 6) is -1.53. The number of piperazine rings is 1. The SMILES string of the molecule is CN1C(=O)CN(S(C)(=O)=O)C[C@@]1(C)C(=O)NCC(=O)NCc1ccc(Cl)cc1. The van der Waals surface area contributed by atoms with E-state index in [9.17, 15) is 22.8 Å². The number of sulfonamides is 1. The van der Waals surface area contributed by atoms with E-state index < -0.39 is 33.3 Å². The largest absolute Gasteiger partial charge is 0.350 e. The van der Waals surface area contributed by atoms with E-state index in [1.807, 2.05) is 0 Å². The van der Waals surface area contributed by atoms with Crippen molar-refractivity contribution in [2.24, 2.45) is 0 Å². The van der Waals surface area contributed by atoms with Crippen LogP contribution in [0.2, 0.25) is 5.02 Å². The molecule has 0 aliphatic carbocycles. The van der Waals surface area contributed by atoms with Gasteiger partial charge in [0.1, 0.15) is 5.54 Å². The quantitative estimate of drug-likeness (QED) is 0.635. The van der Waals surface area contributed by atoms with Crippen LogP contribution in [0.1, 0.15) is 12.5 Å². The number of halogens is 1. The van der Waals surface area contributed by atoms with Crippen LogP contribution in [0.25, 0.3) is 0 Å². The molecule has 1 aromatic rings. The lowest BCUT2D eigenvalue weighted by atomic mass is 9.96. The average Bonchev–Trinajstić information content (AvgIpc) is 2.62. The molecule has 1 aliphatic heterocycles. The van der Waals surface area contributed by atoms with Crippen LogP contribution in [0, 0.1) is 0 Å². The van der Waals surface area contributed by atoms with E-state index in [1.165, 1.54) is 18.9 Å². The number of carbonyl (C=O) groups is 3. The van der Waals surface area contributed by atoms with Gasteiger partial charge in [-0.1, -0.05) is 23.7 Å². The Morgan fingerprint density at radius 3 is 2.39 bits per heavy atom. The Morgan fingerprint density at radius 2 is 1.82 bits per heavy atom. The first-order valence-electron chi connectivity index (χ1n) is 8.45. The van der Waals surface area contributed by atoms with Crippen LogP contribution >= 0.6 is 11.6 Å². The molecule has 1 heterocycles. The zero-order valence-corrected chi connectivity index (χ0v) is 17.4. The van der Waals surface area contributed by atoms with Crippen LogP contribution in [0.4, 0.5) is 0 Å². The number of nitrogens with one attached hydrogen (secondary N) is 2. The molecule has 0 saturated carbocycles. The highest BCUT2D eigenvalue weighted by Crippen LogP contribution is 2.22. The van der Waals surface area contributed by atoms with Crippen LogP contribution in [0.5, 0.6) is 0 Å². The molecular formula is C17H23ClN4O5S. The molecule has 2 N–H and O–H groups in total. The molecule has 28 heavy (non-hydrogen) atoms. The van der Waals surface area contributed by atoms with Crippen molar-refractivity contribution in [1.29, 1.82) is 0 Å². The normalized spacial score (nSPS) is 20.7. The summed E-state index contributed by atoms with van der Waals surface area (Å²) in [5, 5.41) is 5.72. The molecule has 0 aromatic heterocycles. The Labute approximate surface area is 169 Å². The predicted molar refractivity (Wildman–Crippen MR) is 104 cm³/mol. The summed E-state index contributed by atoms with van der Waals surface area (Å²) in [7, 11) is -2.21. The molecule has 9 nitrogen and oxygen atoms in total. The minimum absolute atomic E-state index is 0.188. The van der Waals surface area contributed by atoms with Crippen LogP contribution in [0.3, 0.4) is 0 Å². The molecule has 1 aromatic carbocycles. The zero-order chi connectivity index (χ0) is 21.1. The average molecular weight is 431 g/mol. The number of benzene rings is 1. The Morgan fingerprint density at radius 1 is 1.21 bits per heavy atom. The van der Waals surface area contributed by atoms with Gasteiger partial charge in [-0.2, -0.15) is 4.31 Å². The Hall–Kier alpha value is -2.17. The molecule has 154 valence electrons. The summed E-state index contributed by atoms with van der Waals surface area (Å²) in [6.45, 7) is 0.918. The van der Waals surface area contributed by atoms with Gasteiger partial charge in [-0.05, 0) is 24.6 Å². The number of hydrogen-bond donors (Lipinski definition) is 2.